The number of amides is 2. The van der Waals surface area contributed by atoms with E-state index >= 15 is 0 Å². The molecule has 3 rings (SSSR count). The highest BCUT2D eigenvalue weighted by atomic mass is 16.5. The van der Waals surface area contributed by atoms with E-state index in [-0.39, 0.29) is 12.6 Å². The van der Waals surface area contributed by atoms with E-state index in [9.17, 15) is 9.59 Å². The molecule has 0 radical (unpaired) electrons. The summed E-state index contributed by atoms with van der Waals surface area (Å²) in [5.74, 6) is -0.426. The van der Waals surface area contributed by atoms with Gasteiger partial charge in [-0.25, -0.2) is 9.59 Å². The predicted molar refractivity (Wildman–Crippen MR) is 112 cm³/mol. The molecule has 0 aliphatic carbocycles. The molecule has 0 unspecified atom stereocenters. The lowest BCUT2D eigenvalue weighted by Gasteiger charge is -2.29. The second-order valence-corrected chi connectivity index (χ2v) is 6.97. The molecule has 1 heterocycles. The van der Waals surface area contributed by atoms with Crippen LogP contribution in [0.2, 0.25) is 0 Å². The second kappa shape index (κ2) is 9.89. The SMILES string of the molecule is CCOC(=O)C1=C(CNCCc2ccccc2)NC(=O)N[C@H]1c1ccc(C)cc1. The number of aryl methyl sites for hydroxylation is 1. The minimum absolute atomic E-state index is 0.269. The smallest absolute Gasteiger partial charge is 0.338 e. The van der Waals surface area contributed by atoms with Crippen LogP contribution in [0.4, 0.5) is 4.79 Å². The average Bonchev–Trinajstić information content (AvgIpc) is 2.72. The van der Waals surface area contributed by atoms with Gasteiger partial charge >= 0.3 is 12.0 Å². The Morgan fingerprint density at radius 1 is 1.10 bits per heavy atom. The normalized spacial score (nSPS) is 16.2. The number of ether oxygens (including phenoxy) is 1. The van der Waals surface area contributed by atoms with Gasteiger partial charge in [0.1, 0.15) is 0 Å². The van der Waals surface area contributed by atoms with Crippen LogP contribution in [-0.2, 0) is 16.0 Å². The van der Waals surface area contributed by atoms with Gasteiger partial charge in [0.05, 0.1) is 18.2 Å². The van der Waals surface area contributed by atoms with Gasteiger partial charge in [0.25, 0.3) is 0 Å². The van der Waals surface area contributed by atoms with E-state index in [1.807, 2.05) is 49.4 Å². The Morgan fingerprint density at radius 2 is 1.83 bits per heavy atom. The van der Waals surface area contributed by atoms with Crippen molar-refractivity contribution < 1.29 is 14.3 Å². The first-order valence-corrected chi connectivity index (χ1v) is 9.87. The highest BCUT2D eigenvalue weighted by Gasteiger charge is 2.33. The van der Waals surface area contributed by atoms with Crippen LogP contribution in [0.3, 0.4) is 0 Å². The van der Waals surface area contributed by atoms with Crippen LogP contribution >= 0.6 is 0 Å². The van der Waals surface area contributed by atoms with Gasteiger partial charge in [-0.05, 0) is 37.9 Å². The summed E-state index contributed by atoms with van der Waals surface area (Å²) < 4.78 is 5.28. The third-order valence-corrected chi connectivity index (χ3v) is 4.79. The van der Waals surface area contributed by atoms with Crippen molar-refractivity contribution in [1.29, 1.82) is 0 Å². The molecular formula is C23H27N3O3. The number of hydrogen-bond donors (Lipinski definition) is 3. The Labute approximate surface area is 171 Å². The predicted octanol–water partition coefficient (Wildman–Crippen LogP) is 3.00. The third-order valence-electron chi connectivity index (χ3n) is 4.79. The van der Waals surface area contributed by atoms with Gasteiger partial charge in [-0.15, -0.1) is 0 Å². The minimum atomic E-state index is -0.547. The summed E-state index contributed by atoms with van der Waals surface area (Å²) in [6.07, 6.45) is 0.858. The number of benzene rings is 2. The maximum absolute atomic E-state index is 12.7. The van der Waals surface area contributed by atoms with Gasteiger partial charge in [-0.3, -0.25) is 0 Å². The van der Waals surface area contributed by atoms with Crippen LogP contribution < -0.4 is 16.0 Å². The van der Waals surface area contributed by atoms with Gasteiger partial charge in [-0.1, -0.05) is 60.2 Å². The summed E-state index contributed by atoms with van der Waals surface area (Å²) in [5, 5.41) is 8.96. The molecule has 0 aromatic heterocycles. The van der Waals surface area contributed by atoms with E-state index in [4.69, 9.17) is 4.74 Å². The maximum Gasteiger partial charge on any atom is 0.338 e. The standard InChI is InChI=1S/C23H27N3O3/c1-3-29-22(27)20-19(15-24-14-13-17-7-5-4-6-8-17)25-23(28)26-21(20)18-11-9-16(2)10-12-18/h4-12,21,24H,3,13-15H2,1-2H3,(H2,25,26,28)/t21-/m0/s1. The van der Waals surface area contributed by atoms with Gasteiger partial charge < -0.3 is 20.7 Å². The molecule has 152 valence electrons. The Balaban J connectivity index is 1.79. The molecule has 0 spiro atoms. The van der Waals surface area contributed by atoms with E-state index in [0.29, 0.717) is 17.8 Å². The molecule has 0 bridgehead atoms. The number of nitrogens with one attached hydrogen (secondary N) is 3. The largest absolute Gasteiger partial charge is 0.463 e. The zero-order chi connectivity index (χ0) is 20.6. The Bertz CT molecular complexity index is 876. The zero-order valence-electron chi connectivity index (χ0n) is 16.8. The monoisotopic (exact) mass is 393 g/mol. The number of carbonyl (C=O) groups excluding carboxylic acids is 2. The van der Waals surface area contributed by atoms with Crippen LogP contribution in [-0.4, -0.2) is 31.7 Å². The summed E-state index contributed by atoms with van der Waals surface area (Å²) in [4.78, 5) is 25.0. The molecule has 0 saturated heterocycles. The molecule has 0 saturated carbocycles. The fraction of sp³-hybridized carbons (Fsp3) is 0.304. The topological polar surface area (TPSA) is 79.5 Å². The molecule has 0 fully saturated rings. The van der Waals surface area contributed by atoms with Crippen molar-refractivity contribution in [2.75, 3.05) is 19.7 Å². The number of rotatable bonds is 8. The fourth-order valence-electron chi connectivity index (χ4n) is 3.31. The molecule has 3 N–H and O–H groups in total. The molecule has 1 aliphatic heterocycles. The van der Waals surface area contributed by atoms with Gasteiger partial charge in [0, 0.05) is 12.2 Å². The van der Waals surface area contributed by atoms with Crippen LogP contribution in [0.5, 0.6) is 0 Å². The Kier molecular flexibility index (Phi) is 7.03. The van der Waals surface area contributed by atoms with E-state index in [1.54, 1.807) is 6.92 Å². The first kappa shape index (κ1) is 20.6. The first-order chi connectivity index (χ1) is 14.1. The highest BCUT2D eigenvalue weighted by Crippen LogP contribution is 2.27. The van der Waals surface area contributed by atoms with E-state index in [1.165, 1.54) is 5.56 Å². The lowest BCUT2D eigenvalue weighted by Crippen LogP contribution is -2.48. The average molecular weight is 393 g/mol. The third kappa shape index (κ3) is 5.45. The van der Waals surface area contributed by atoms with Crippen LogP contribution in [0.25, 0.3) is 0 Å². The highest BCUT2D eigenvalue weighted by molar-refractivity contribution is 5.95. The summed E-state index contributed by atoms with van der Waals surface area (Å²) >= 11 is 0. The lowest BCUT2D eigenvalue weighted by atomic mass is 9.94. The molecule has 6 nitrogen and oxygen atoms in total. The van der Waals surface area contributed by atoms with E-state index in [2.05, 4.69) is 28.1 Å². The number of urea groups is 1. The molecule has 29 heavy (non-hydrogen) atoms. The Hall–Kier alpha value is -3.12. The molecule has 1 aliphatic rings. The van der Waals surface area contributed by atoms with Crippen molar-refractivity contribution in [3.05, 3.63) is 82.6 Å². The van der Waals surface area contributed by atoms with Crippen molar-refractivity contribution >= 4 is 12.0 Å². The summed E-state index contributed by atoms with van der Waals surface area (Å²) in [6.45, 7) is 5.13. The number of hydrogen-bond acceptors (Lipinski definition) is 4. The molecule has 6 heteroatoms. The summed E-state index contributed by atoms with van der Waals surface area (Å²) in [6, 6.07) is 17.0. The first-order valence-electron chi connectivity index (χ1n) is 9.87. The fourth-order valence-corrected chi connectivity index (χ4v) is 3.31. The summed E-state index contributed by atoms with van der Waals surface area (Å²) in [7, 11) is 0. The zero-order valence-corrected chi connectivity index (χ0v) is 16.8. The van der Waals surface area contributed by atoms with Gasteiger partial charge in [0.2, 0.25) is 0 Å². The van der Waals surface area contributed by atoms with Crippen LogP contribution in [0.15, 0.2) is 65.9 Å². The number of carbonyl (C=O) groups is 2. The molecule has 1 atom stereocenters. The second-order valence-electron chi connectivity index (χ2n) is 6.97. The van der Waals surface area contributed by atoms with Crippen molar-refractivity contribution in [3.63, 3.8) is 0 Å². The Morgan fingerprint density at radius 3 is 2.52 bits per heavy atom. The molecular weight excluding hydrogens is 366 g/mol. The molecule has 2 amide bonds. The minimum Gasteiger partial charge on any atom is -0.463 e. The van der Waals surface area contributed by atoms with Gasteiger partial charge in [0.15, 0.2) is 0 Å². The van der Waals surface area contributed by atoms with Crippen molar-refractivity contribution in [2.45, 2.75) is 26.3 Å². The summed E-state index contributed by atoms with van der Waals surface area (Å²) in [5.41, 5.74) is 4.16. The van der Waals surface area contributed by atoms with Crippen LogP contribution in [0.1, 0.15) is 29.7 Å². The lowest BCUT2D eigenvalue weighted by molar-refractivity contribution is -0.139. The van der Waals surface area contributed by atoms with Crippen molar-refractivity contribution in [1.82, 2.24) is 16.0 Å². The quantitative estimate of drug-likeness (QED) is 0.476. The van der Waals surface area contributed by atoms with Crippen molar-refractivity contribution in [2.24, 2.45) is 0 Å². The maximum atomic E-state index is 12.7. The van der Waals surface area contributed by atoms with E-state index in [0.717, 1.165) is 24.1 Å². The molecule has 2 aromatic rings. The van der Waals surface area contributed by atoms with Crippen LogP contribution in [0, 0.1) is 6.92 Å². The molecule has 2 aromatic carbocycles. The van der Waals surface area contributed by atoms with Gasteiger partial charge in [-0.2, -0.15) is 0 Å². The van der Waals surface area contributed by atoms with Crippen molar-refractivity contribution in [3.8, 4) is 0 Å². The number of esters is 1. The van der Waals surface area contributed by atoms with E-state index < -0.39 is 12.0 Å².